The Morgan fingerprint density at radius 3 is 2.55 bits per heavy atom. The van der Waals surface area contributed by atoms with E-state index in [-0.39, 0.29) is 17.0 Å². The standard InChI is InChI=1S/C24H20N2O2.BrH/c1-16-5-7-17(8-6-16)15-26-12-11-19-20-14-18(27-2)9-10-21(20)25-23(19)24(26)22-4-3-13-28-22;/h3-14H,15H2,1-2H3;1H. The van der Waals surface area contributed by atoms with E-state index in [0.717, 1.165) is 45.6 Å². The SMILES string of the molecule is COc1ccc2[nH]c3c(-c4ccco4)[n+](Cc4ccc(C)cc4)ccc3c2c1.[Br-]. The van der Waals surface area contributed by atoms with Crippen molar-refractivity contribution in [2.45, 2.75) is 13.5 Å². The molecule has 0 aliphatic carbocycles. The third kappa shape index (κ3) is 3.42. The molecule has 2 aromatic carbocycles. The molecular formula is C24H21BrN2O2. The molecule has 0 aliphatic heterocycles. The predicted octanol–water partition coefficient (Wildman–Crippen LogP) is 2.24. The number of ether oxygens (including phenoxy) is 1. The number of benzene rings is 2. The van der Waals surface area contributed by atoms with E-state index in [1.807, 2.05) is 18.2 Å². The van der Waals surface area contributed by atoms with Gasteiger partial charge in [0.05, 0.1) is 13.4 Å². The van der Waals surface area contributed by atoms with Gasteiger partial charge < -0.3 is 31.1 Å². The highest BCUT2D eigenvalue weighted by Crippen LogP contribution is 2.33. The number of methoxy groups -OCH3 is 1. The van der Waals surface area contributed by atoms with Gasteiger partial charge in [-0.3, -0.25) is 0 Å². The molecule has 146 valence electrons. The van der Waals surface area contributed by atoms with E-state index in [1.54, 1.807) is 13.4 Å². The minimum atomic E-state index is 0. The lowest BCUT2D eigenvalue weighted by Gasteiger charge is -2.05. The van der Waals surface area contributed by atoms with Gasteiger partial charge >= 0.3 is 0 Å². The molecule has 0 unspecified atom stereocenters. The van der Waals surface area contributed by atoms with Crippen LogP contribution >= 0.6 is 0 Å². The van der Waals surface area contributed by atoms with Crippen LogP contribution in [0.25, 0.3) is 33.3 Å². The maximum atomic E-state index is 5.80. The van der Waals surface area contributed by atoms with Crippen molar-refractivity contribution in [2.24, 2.45) is 0 Å². The average molecular weight is 449 g/mol. The normalized spacial score (nSPS) is 11.0. The van der Waals surface area contributed by atoms with Crippen LogP contribution in [-0.4, -0.2) is 12.1 Å². The van der Waals surface area contributed by atoms with Crippen molar-refractivity contribution < 1.29 is 30.7 Å². The molecule has 5 rings (SSSR count). The molecule has 5 heteroatoms. The molecule has 0 saturated heterocycles. The highest BCUT2D eigenvalue weighted by molar-refractivity contribution is 6.10. The van der Waals surface area contributed by atoms with Crippen LogP contribution in [0.5, 0.6) is 5.75 Å². The molecule has 0 amide bonds. The van der Waals surface area contributed by atoms with Crippen molar-refractivity contribution >= 4 is 21.8 Å². The first-order valence-electron chi connectivity index (χ1n) is 9.34. The predicted molar refractivity (Wildman–Crippen MR) is 111 cm³/mol. The fraction of sp³-hybridized carbons (Fsp3) is 0.125. The van der Waals surface area contributed by atoms with E-state index in [9.17, 15) is 0 Å². The van der Waals surface area contributed by atoms with Gasteiger partial charge in [0.2, 0.25) is 0 Å². The molecule has 3 aromatic heterocycles. The number of nitrogens with zero attached hydrogens (tertiary/aromatic N) is 1. The van der Waals surface area contributed by atoms with Crippen LogP contribution in [0.3, 0.4) is 0 Å². The van der Waals surface area contributed by atoms with Crippen LogP contribution in [0.15, 0.2) is 77.5 Å². The number of H-pyrrole nitrogens is 1. The molecular weight excluding hydrogens is 428 g/mol. The lowest BCUT2D eigenvalue weighted by Crippen LogP contribution is -3.00. The fourth-order valence-electron chi connectivity index (χ4n) is 3.76. The Morgan fingerprint density at radius 2 is 1.83 bits per heavy atom. The van der Waals surface area contributed by atoms with Crippen molar-refractivity contribution in [2.75, 3.05) is 7.11 Å². The van der Waals surface area contributed by atoms with Crippen LogP contribution in [-0.2, 0) is 6.54 Å². The number of furan rings is 1. The first kappa shape index (κ1) is 19.3. The van der Waals surface area contributed by atoms with Gasteiger partial charge in [-0.25, -0.2) is 0 Å². The zero-order valence-corrected chi connectivity index (χ0v) is 17.9. The summed E-state index contributed by atoms with van der Waals surface area (Å²) in [6.45, 7) is 2.88. The Balaban J connectivity index is 0.00000205. The van der Waals surface area contributed by atoms with E-state index in [0.29, 0.717) is 0 Å². The smallest absolute Gasteiger partial charge is 0.272 e. The van der Waals surface area contributed by atoms with Crippen LogP contribution in [0.2, 0.25) is 0 Å². The van der Waals surface area contributed by atoms with Crippen molar-refractivity contribution in [1.82, 2.24) is 4.98 Å². The second-order valence-corrected chi connectivity index (χ2v) is 7.08. The summed E-state index contributed by atoms with van der Waals surface area (Å²) in [4.78, 5) is 3.59. The first-order chi connectivity index (χ1) is 13.7. The molecule has 0 spiro atoms. The van der Waals surface area contributed by atoms with Crippen molar-refractivity contribution in [3.63, 3.8) is 0 Å². The summed E-state index contributed by atoms with van der Waals surface area (Å²) in [6.07, 6.45) is 3.85. The summed E-state index contributed by atoms with van der Waals surface area (Å²) in [5.41, 5.74) is 5.70. The number of hydrogen-bond donors (Lipinski definition) is 1. The highest BCUT2D eigenvalue weighted by atomic mass is 79.9. The number of pyridine rings is 1. The number of aryl methyl sites for hydroxylation is 1. The molecule has 0 atom stereocenters. The minimum Gasteiger partial charge on any atom is -1.00 e. The lowest BCUT2D eigenvalue weighted by molar-refractivity contribution is -0.676. The molecule has 3 heterocycles. The lowest BCUT2D eigenvalue weighted by atomic mass is 10.1. The molecule has 0 bridgehead atoms. The Labute approximate surface area is 179 Å². The summed E-state index contributed by atoms with van der Waals surface area (Å²) < 4.78 is 13.5. The average Bonchev–Trinajstić information content (AvgIpc) is 3.37. The van der Waals surface area contributed by atoms with Gasteiger partial charge in [0.15, 0.2) is 18.5 Å². The van der Waals surface area contributed by atoms with Crippen molar-refractivity contribution in [3.05, 3.63) is 84.3 Å². The van der Waals surface area contributed by atoms with E-state index >= 15 is 0 Å². The number of hydrogen-bond acceptors (Lipinski definition) is 2. The molecule has 1 N–H and O–H groups in total. The van der Waals surface area contributed by atoms with E-state index in [4.69, 9.17) is 9.15 Å². The topological polar surface area (TPSA) is 42.0 Å². The maximum Gasteiger partial charge on any atom is 0.272 e. The largest absolute Gasteiger partial charge is 1.00 e. The summed E-state index contributed by atoms with van der Waals surface area (Å²) >= 11 is 0. The second-order valence-electron chi connectivity index (χ2n) is 7.08. The van der Waals surface area contributed by atoms with Crippen molar-refractivity contribution in [1.29, 1.82) is 0 Å². The zero-order chi connectivity index (χ0) is 19.1. The van der Waals surface area contributed by atoms with Gasteiger partial charge in [-0.05, 0) is 37.3 Å². The monoisotopic (exact) mass is 448 g/mol. The second kappa shape index (κ2) is 7.76. The zero-order valence-electron chi connectivity index (χ0n) is 16.3. The van der Waals surface area contributed by atoms with Crippen LogP contribution in [0.4, 0.5) is 0 Å². The molecule has 5 aromatic rings. The quantitative estimate of drug-likeness (QED) is 0.428. The van der Waals surface area contributed by atoms with Gasteiger partial charge in [0, 0.05) is 27.9 Å². The molecule has 0 aliphatic rings. The number of fused-ring (bicyclic) bond motifs is 3. The fourth-order valence-corrected chi connectivity index (χ4v) is 3.76. The van der Waals surface area contributed by atoms with E-state index in [2.05, 4.69) is 65.1 Å². The number of aromatic amines is 1. The third-order valence-corrected chi connectivity index (χ3v) is 5.22. The van der Waals surface area contributed by atoms with E-state index < -0.39 is 0 Å². The summed E-state index contributed by atoms with van der Waals surface area (Å²) in [5.74, 6) is 1.69. The van der Waals surface area contributed by atoms with Gasteiger partial charge in [-0.1, -0.05) is 29.8 Å². The molecule has 0 fully saturated rings. The Kier molecular flexibility index (Phi) is 5.16. The first-order valence-corrected chi connectivity index (χ1v) is 9.34. The number of halogens is 1. The van der Waals surface area contributed by atoms with Crippen molar-refractivity contribution in [3.8, 4) is 17.2 Å². The highest BCUT2D eigenvalue weighted by Gasteiger charge is 2.23. The summed E-state index contributed by atoms with van der Waals surface area (Å²) in [5, 5.41) is 2.30. The Hall–Kier alpha value is -3.05. The number of rotatable bonds is 4. The minimum absolute atomic E-state index is 0. The van der Waals surface area contributed by atoms with Gasteiger partial charge in [-0.15, -0.1) is 0 Å². The third-order valence-electron chi connectivity index (χ3n) is 5.22. The summed E-state index contributed by atoms with van der Waals surface area (Å²) in [6, 6.07) is 20.9. The van der Waals surface area contributed by atoms with Crippen LogP contribution < -0.4 is 26.3 Å². The van der Waals surface area contributed by atoms with Crippen LogP contribution in [0, 0.1) is 6.92 Å². The summed E-state index contributed by atoms with van der Waals surface area (Å²) in [7, 11) is 1.69. The molecule has 4 nitrogen and oxygen atoms in total. The van der Waals surface area contributed by atoms with Gasteiger partial charge in [0.1, 0.15) is 11.3 Å². The molecule has 0 saturated carbocycles. The Bertz CT molecular complexity index is 1270. The van der Waals surface area contributed by atoms with Gasteiger partial charge in [0.25, 0.3) is 5.69 Å². The Morgan fingerprint density at radius 1 is 1.00 bits per heavy atom. The van der Waals surface area contributed by atoms with Gasteiger partial charge in [-0.2, -0.15) is 4.57 Å². The number of nitrogens with one attached hydrogen (secondary N) is 1. The van der Waals surface area contributed by atoms with Crippen LogP contribution in [0.1, 0.15) is 11.1 Å². The molecule has 0 radical (unpaired) electrons. The molecule has 29 heavy (non-hydrogen) atoms. The van der Waals surface area contributed by atoms with E-state index in [1.165, 1.54) is 11.1 Å². The maximum absolute atomic E-state index is 5.80. The number of aromatic nitrogens is 2.